The predicted molar refractivity (Wildman–Crippen MR) is 76.1 cm³/mol. The van der Waals surface area contributed by atoms with Crippen LogP contribution < -0.4 is 5.32 Å². The molecule has 1 aromatic rings. The fraction of sp³-hybridized carbons (Fsp3) is 0.429. The molecule has 0 fully saturated rings. The number of hydrogen-bond acceptors (Lipinski definition) is 3. The molecule has 20 heavy (non-hydrogen) atoms. The molecule has 0 aliphatic heterocycles. The second-order valence-electron chi connectivity index (χ2n) is 5.66. The number of halogens is 1. The number of benzene rings is 1. The highest BCUT2D eigenvalue weighted by Crippen LogP contribution is 2.25. The molecule has 0 aliphatic rings. The Bertz CT molecular complexity index is 522. The summed E-state index contributed by atoms with van der Waals surface area (Å²) in [4.78, 5) is 23.0. The standard InChI is InChI=1S/C14H18ClNO4/c1-14(2,3)11(7-12(18)19)16-13(20)8-4-5-10(17)9(15)6-8/h4-6,11,17H,7H2,1-3H3,(H,16,20)(H,18,19). The summed E-state index contributed by atoms with van der Waals surface area (Å²) < 4.78 is 0. The van der Waals surface area contributed by atoms with Crippen molar-refractivity contribution in [1.82, 2.24) is 5.32 Å². The number of aromatic hydroxyl groups is 1. The molecule has 1 unspecified atom stereocenters. The first-order valence-electron chi connectivity index (χ1n) is 6.12. The van der Waals surface area contributed by atoms with Gasteiger partial charge in [-0.05, 0) is 23.6 Å². The molecule has 0 saturated carbocycles. The van der Waals surface area contributed by atoms with Crippen molar-refractivity contribution in [2.75, 3.05) is 0 Å². The van der Waals surface area contributed by atoms with Crippen LogP contribution >= 0.6 is 11.6 Å². The molecule has 0 aliphatic carbocycles. The van der Waals surface area contributed by atoms with Gasteiger partial charge >= 0.3 is 5.97 Å². The van der Waals surface area contributed by atoms with Gasteiger partial charge in [-0.2, -0.15) is 0 Å². The highest BCUT2D eigenvalue weighted by atomic mass is 35.5. The third kappa shape index (κ3) is 4.42. The Labute approximate surface area is 122 Å². The SMILES string of the molecule is CC(C)(C)C(CC(=O)O)NC(=O)c1ccc(O)c(Cl)c1. The smallest absolute Gasteiger partial charge is 0.305 e. The molecule has 5 nitrogen and oxygen atoms in total. The lowest BCUT2D eigenvalue weighted by molar-refractivity contribution is -0.138. The molecule has 0 heterocycles. The van der Waals surface area contributed by atoms with Gasteiger partial charge in [0.05, 0.1) is 11.4 Å². The summed E-state index contributed by atoms with van der Waals surface area (Å²) in [6.45, 7) is 5.56. The van der Waals surface area contributed by atoms with E-state index >= 15 is 0 Å². The summed E-state index contributed by atoms with van der Waals surface area (Å²) in [5, 5.41) is 21.0. The van der Waals surface area contributed by atoms with Crippen LogP contribution in [0.4, 0.5) is 0 Å². The van der Waals surface area contributed by atoms with Crippen molar-refractivity contribution in [3.63, 3.8) is 0 Å². The number of carboxylic acids is 1. The lowest BCUT2D eigenvalue weighted by atomic mass is 9.84. The quantitative estimate of drug-likeness (QED) is 0.797. The van der Waals surface area contributed by atoms with Gasteiger partial charge in [-0.15, -0.1) is 0 Å². The van der Waals surface area contributed by atoms with Crippen molar-refractivity contribution >= 4 is 23.5 Å². The topological polar surface area (TPSA) is 86.6 Å². The first kappa shape index (κ1) is 16.3. The maximum atomic E-state index is 12.1. The maximum absolute atomic E-state index is 12.1. The number of hydrogen-bond donors (Lipinski definition) is 3. The van der Waals surface area contributed by atoms with E-state index in [9.17, 15) is 14.7 Å². The number of nitrogens with one attached hydrogen (secondary N) is 1. The first-order chi connectivity index (χ1) is 9.11. The van der Waals surface area contributed by atoms with Gasteiger partial charge in [-0.3, -0.25) is 9.59 Å². The van der Waals surface area contributed by atoms with Gasteiger partial charge in [0.25, 0.3) is 5.91 Å². The number of amides is 1. The van der Waals surface area contributed by atoms with Gasteiger partial charge in [-0.25, -0.2) is 0 Å². The van der Waals surface area contributed by atoms with E-state index in [2.05, 4.69) is 5.32 Å². The van der Waals surface area contributed by atoms with Crippen LogP contribution in [0.1, 0.15) is 37.6 Å². The van der Waals surface area contributed by atoms with Crippen LogP contribution in [-0.2, 0) is 4.79 Å². The van der Waals surface area contributed by atoms with Crippen LogP contribution in [0.25, 0.3) is 0 Å². The molecule has 1 atom stereocenters. The fourth-order valence-corrected chi connectivity index (χ4v) is 1.82. The second-order valence-corrected chi connectivity index (χ2v) is 6.06. The normalized spacial score (nSPS) is 12.8. The molecule has 1 rings (SSSR count). The molecule has 110 valence electrons. The molecule has 1 amide bonds. The Morgan fingerprint density at radius 2 is 1.95 bits per heavy atom. The van der Waals surface area contributed by atoms with Crippen LogP contribution in [0.5, 0.6) is 5.75 Å². The molecule has 0 radical (unpaired) electrons. The Kier molecular flexibility index (Phi) is 5.00. The van der Waals surface area contributed by atoms with Gasteiger partial charge in [0.2, 0.25) is 0 Å². The van der Waals surface area contributed by atoms with E-state index in [0.717, 1.165) is 0 Å². The van der Waals surface area contributed by atoms with Crippen LogP contribution in [0.2, 0.25) is 5.02 Å². The van der Waals surface area contributed by atoms with Gasteiger partial charge in [0.15, 0.2) is 0 Å². The zero-order chi connectivity index (χ0) is 15.5. The summed E-state index contributed by atoms with van der Waals surface area (Å²) in [6.07, 6.45) is -0.166. The highest BCUT2D eigenvalue weighted by Gasteiger charge is 2.28. The summed E-state index contributed by atoms with van der Waals surface area (Å²) in [5.74, 6) is -1.51. The van der Waals surface area contributed by atoms with E-state index in [1.54, 1.807) is 0 Å². The average molecular weight is 300 g/mol. The summed E-state index contributed by atoms with van der Waals surface area (Å²) in [6, 6.07) is 3.57. The zero-order valence-corrected chi connectivity index (χ0v) is 12.4. The number of phenolic OH excluding ortho intramolecular Hbond substituents is 1. The van der Waals surface area contributed by atoms with Crippen LogP contribution in [-0.4, -0.2) is 28.1 Å². The highest BCUT2D eigenvalue weighted by molar-refractivity contribution is 6.32. The molecular formula is C14H18ClNO4. The van der Waals surface area contributed by atoms with Crippen molar-refractivity contribution in [1.29, 1.82) is 0 Å². The van der Waals surface area contributed by atoms with E-state index in [1.807, 2.05) is 20.8 Å². The zero-order valence-electron chi connectivity index (χ0n) is 11.6. The number of carbonyl (C=O) groups excluding carboxylic acids is 1. The summed E-state index contributed by atoms with van der Waals surface area (Å²) >= 11 is 5.74. The van der Waals surface area contributed by atoms with E-state index < -0.39 is 23.3 Å². The van der Waals surface area contributed by atoms with Crippen LogP contribution in [0.15, 0.2) is 18.2 Å². The fourth-order valence-electron chi connectivity index (χ4n) is 1.64. The minimum absolute atomic E-state index is 0.0724. The van der Waals surface area contributed by atoms with Gasteiger partial charge in [0.1, 0.15) is 5.75 Å². The minimum Gasteiger partial charge on any atom is -0.506 e. The number of phenols is 1. The Hall–Kier alpha value is -1.75. The summed E-state index contributed by atoms with van der Waals surface area (Å²) in [5.41, 5.74) is -0.123. The maximum Gasteiger partial charge on any atom is 0.305 e. The molecular weight excluding hydrogens is 282 g/mol. The molecule has 0 saturated heterocycles. The monoisotopic (exact) mass is 299 g/mol. The van der Waals surface area contributed by atoms with Crippen LogP contribution in [0, 0.1) is 5.41 Å². The predicted octanol–water partition coefficient (Wildman–Crippen LogP) is 2.66. The molecule has 6 heteroatoms. The Morgan fingerprint density at radius 1 is 1.35 bits per heavy atom. The third-order valence-corrected chi connectivity index (χ3v) is 3.24. The lowest BCUT2D eigenvalue weighted by Crippen LogP contribution is -2.45. The average Bonchev–Trinajstić information content (AvgIpc) is 2.30. The van der Waals surface area contributed by atoms with Crippen molar-refractivity contribution in [2.24, 2.45) is 5.41 Å². The number of rotatable bonds is 4. The van der Waals surface area contributed by atoms with Crippen molar-refractivity contribution in [3.05, 3.63) is 28.8 Å². The molecule has 0 bridgehead atoms. The van der Waals surface area contributed by atoms with Crippen LogP contribution in [0.3, 0.4) is 0 Å². The van der Waals surface area contributed by atoms with Gasteiger partial charge in [0, 0.05) is 11.6 Å². The van der Waals surface area contributed by atoms with Crippen molar-refractivity contribution in [2.45, 2.75) is 33.2 Å². The second kappa shape index (κ2) is 6.13. The Morgan fingerprint density at radius 3 is 2.40 bits per heavy atom. The van der Waals surface area contributed by atoms with E-state index in [1.165, 1.54) is 18.2 Å². The number of carboxylic acid groups (broad SMARTS) is 1. The van der Waals surface area contributed by atoms with E-state index in [-0.39, 0.29) is 22.8 Å². The van der Waals surface area contributed by atoms with Gasteiger partial charge < -0.3 is 15.5 Å². The summed E-state index contributed by atoms with van der Waals surface area (Å²) in [7, 11) is 0. The minimum atomic E-state index is -0.978. The third-order valence-electron chi connectivity index (χ3n) is 2.94. The van der Waals surface area contributed by atoms with Gasteiger partial charge in [-0.1, -0.05) is 32.4 Å². The molecule has 0 spiro atoms. The van der Waals surface area contributed by atoms with E-state index in [4.69, 9.17) is 16.7 Å². The molecule has 0 aromatic heterocycles. The number of aliphatic carboxylic acids is 1. The Balaban J connectivity index is 2.90. The lowest BCUT2D eigenvalue weighted by Gasteiger charge is -2.30. The molecule has 3 N–H and O–H groups in total. The van der Waals surface area contributed by atoms with Crippen molar-refractivity contribution < 1.29 is 19.8 Å². The van der Waals surface area contributed by atoms with Crippen molar-refractivity contribution in [3.8, 4) is 5.75 Å². The molecule has 1 aromatic carbocycles. The largest absolute Gasteiger partial charge is 0.506 e. The first-order valence-corrected chi connectivity index (χ1v) is 6.50. The van der Waals surface area contributed by atoms with E-state index in [0.29, 0.717) is 0 Å². The number of carbonyl (C=O) groups is 2.